The van der Waals surface area contributed by atoms with Gasteiger partial charge in [0.25, 0.3) is 0 Å². The maximum absolute atomic E-state index is 11.2. The lowest BCUT2D eigenvalue weighted by Gasteiger charge is -2.01. The fourth-order valence-electron chi connectivity index (χ4n) is 0.864. The van der Waals surface area contributed by atoms with E-state index in [2.05, 4.69) is 10.1 Å². The smallest absolute Gasteiger partial charge is 0.351 e. The Labute approximate surface area is 85.1 Å². The van der Waals surface area contributed by atoms with Crippen LogP contribution in [0, 0.1) is 11.3 Å². The lowest BCUT2D eigenvalue weighted by atomic mass is 10.3. The van der Waals surface area contributed by atoms with Gasteiger partial charge in [-0.25, -0.2) is 4.79 Å². The van der Waals surface area contributed by atoms with Crippen LogP contribution >= 0.6 is 11.8 Å². The SMILES string of the molecule is CCOC(=O)/C(C#N)=C1\NC(=O)CS1. The predicted octanol–water partition coefficient (Wildman–Crippen LogP) is 0.148. The van der Waals surface area contributed by atoms with Gasteiger partial charge < -0.3 is 10.1 Å². The van der Waals surface area contributed by atoms with Gasteiger partial charge in [0.2, 0.25) is 5.91 Å². The molecule has 0 radical (unpaired) electrons. The van der Waals surface area contributed by atoms with Crippen molar-refractivity contribution in [1.29, 1.82) is 5.26 Å². The van der Waals surface area contributed by atoms with Crippen LogP contribution in [0.3, 0.4) is 0 Å². The normalized spacial score (nSPS) is 18.4. The highest BCUT2D eigenvalue weighted by molar-refractivity contribution is 8.04. The molecule has 0 aromatic heterocycles. The summed E-state index contributed by atoms with van der Waals surface area (Å²) < 4.78 is 4.66. The fraction of sp³-hybridized carbons (Fsp3) is 0.375. The van der Waals surface area contributed by atoms with Crippen molar-refractivity contribution in [3.8, 4) is 6.07 Å². The van der Waals surface area contributed by atoms with E-state index >= 15 is 0 Å². The van der Waals surface area contributed by atoms with Crippen molar-refractivity contribution in [2.24, 2.45) is 0 Å². The number of rotatable bonds is 2. The summed E-state index contributed by atoms with van der Waals surface area (Å²) in [4.78, 5) is 22.0. The van der Waals surface area contributed by atoms with Crippen LogP contribution in [0.2, 0.25) is 0 Å². The van der Waals surface area contributed by atoms with E-state index in [1.54, 1.807) is 13.0 Å². The number of carbonyl (C=O) groups is 2. The molecule has 0 saturated carbocycles. The van der Waals surface area contributed by atoms with E-state index < -0.39 is 5.97 Å². The molecule has 1 saturated heterocycles. The summed E-state index contributed by atoms with van der Waals surface area (Å²) in [5.41, 5.74) is -0.136. The van der Waals surface area contributed by atoms with E-state index in [1.165, 1.54) is 0 Å². The van der Waals surface area contributed by atoms with Gasteiger partial charge in [0.05, 0.1) is 12.4 Å². The summed E-state index contributed by atoms with van der Waals surface area (Å²) in [7, 11) is 0. The van der Waals surface area contributed by atoms with E-state index in [-0.39, 0.29) is 28.9 Å². The first-order valence-corrected chi connectivity index (χ1v) is 4.91. The summed E-state index contributed by atoms with van der Waals surface area (Å²) in [5, 5.41) is 11.4. The molecule has 6 heteroatoms. The number of hydrogen-bond donors (Lipinski definition) is 1. The number of carbonyl (C=O) groups excluding carboxylic acids is 2. The lowest BCUT2D eigenvalue weighted by Crippen LogP contribution is -2.18. The third kappa shape index (κ3) is 2.26. The van der Waals surface area contributed by atoms with Gasteiger partial charge in [-0.2, -0.15) is 5.26 Å². The zero-order chi connectivity index (χ0) is 10.6. The zero-order valence-corrected chi connectivity index (χ0v) is 8.31. The van der Waals surface area contributed by atoms with E-state index in [0.29, 0.717) is 0 Å². The zero-order valence-electron chi connectivity index (χ0n) is 7.49. The highest BCUT2D eigenvalue weighted by atomic mass is 32.2. The number of nitrogens with zero attached hydrogens (tertiary/aromatic N) is 1. The molecule has 5 nitrogen and oxygen atoms in total. The average molecular weight is 212 g/mol. The molecule has 0 aliphatic carbocycles. The molecule has 1 fully saturated rings. The molecule has 0 atom stereocenters. The highest BCUT2D eigenvalue weighted by Gasteiger charge is 2.24. The summed E-state index contributed by atoms with van der Waals surface area (Å²) >= 11 is 1.13. The van der Waals surface area contributed by atoms with E-state index in [0.717, 1.165) is 11.8 Å². The van der Waals surface area contributed by atoms with Gasteiger partial charge in [-0.1, -0.05) is 11.8 Å². The average Bonchev–Trinajstić information content (AvgIpc) is 2.54. The number of esters is 1. The molecule has 1 N–H and O–H groups in total. The molecule has 1 rings (SSSR count). The summed E-state index contributed by atoms with van der Waals surface area (Å²) in [5.74, 6) is -0.665. The second kappa shape index (κ2) is 4.67. The van der Waals surface area contributed by atoms with E-state index in [4.69, 9.17) is 5.26 Å². The summed E-state index contributed by atoms with van der Waals surface area (Å²) in [6.07, 6.45) is 0. The van der Waals surface area contributed by atoms with Crippen LogP contribution in [0.4, 0.5) is 0 Å². The Morgan fingerprint density at radius 3 is 2.93 bits per heavy atom. The molecule has 0 aromatic carbocycles. The third-order valence-corrected chi connectivity index (χ3v) is 2.42. The van der Waals surface area contributed by atoms with Crippen LogP contribution < -0.4 is 5.32 Å². The summed E-state index contributed by atoms with van der Waals surface area (Å²) in [6, 6.07) is 1.72. The lowest BCUT2D eigenvalue weighted by molar-refractivity contribution is -0.138. The number of thioether (sulfide) groups is 1. The van der Waals surface area contributed by atoms with Gasteiger partial charge >= 0.3 is 5.97 Å². The standard InChI is InChI=1S/C8H8N2O3S/c1-2-13-8(12)5(3-9)7-10-6(11)4-14-7/h2,4H2,1H3,(H,10,11)/b7-5+. The molecule has 1 aliphatic heterocycles. The Morgan fingerprint density at radius 2 is 2.50 bits per heavy atom. The molecule has 0 spiro atoms. The number of nitrogens with one attached hydrogen (secondary N) is 1. The number of ether oxygens (including phenoxy) is 1. The van der Waals surface area contributed by atoms with Crippen LogP contribution in [-0.2, 0) is 14.3 Å². The van der Waals surface area contributed by atoms with Gasteiger partial charge in [0.1, 0.15) is 11.1 Å². The topological polar surface area (TPSA) is 79.2 Å². The molecule has 0 aromatic rings. The molecule has 74 valence electrons. The molecule has 1 aliphatic rings. The maximum Gasteiger partial charge on any atom is 0.351 e. The molecule has 14 heavy (non-hydrogen) atoms. The van der Waals surface area contributed by atoms with Crippen LogP contribution in [0.15, 0.2) is 10.6 Å². The Balaban J connectivity index is 2.86. The van der Waals surface area contributed by atoms with Gasteiger partial charge in [0, 0.05) is 0 Å². The Kier molecular flexibility index (Phi) is 3.54. The van der Waals surface area contributed by atoms with Gasteiger partial charge in [-0.05, 0) is 6.92 Å². The first kappa shape index (κ1) is 10.6. The Bertz CT molecular complexity index is 343. The van der Waals surface area contributed by atoms with Crippen LogP contribution in [0.5, 0.6) is 0 Å². The molecule has 1 heterocycles. The minimum Gasteiger partial charge on any atom is -0.462 e. The highest BCUT2D eigenvalue weighted by Crippen LogP contribution is 2.22. The minimum absolute atomic E-state index is 0.136. The first-order chi connectivity index (χ1) is 6.69. The van der Waals surface area contributed by atoms with Crippen molar-refractivity contribution in [1.82, 2.24) is 5.32 Å². The summed E-state index contributed by atoms with van der Waals surface area (Å²) in [6.45, 7) is 1.85. The van der Waals surface area contributed by atoms with Crippen LogP contribution in [0.25, 0.3) is 0 Å². The molecular formula is C8H8N2O3S. The molecule has 0 unspecified atom stereocenters. The van der Waals surface area contributed by atoms with Gasteiger partial charge in [-0.3, -0.25) is 4.79 Å². The fourth-order valence-corrected chi connectivity index (χ4v) is 1.67. The number of hydrogen-bond acceptors (Lipinski definition) is 5. The predicted molar refractivity (Wildman–Crippen MR) is 49.9 cm³/mol. The van der Waals surface area contributed by atoms with Crippen molar-refractivity contribution in [3.05, 3.63) is 10.6 Å². The molecular weight excluding hydrogens is 204 g/mol. The largest absolute Gasteiger partial charge is 0.462 e. The van der Waals surface area contributed by atoms with Crippen molar-refractivity contribution in [2.45, 2.75) is 6.92 Å². The van der Waals surface area contributed by atoms with E-state index in [9.17, 15) is 9.59 Å². The van der Waals surface area contributed by atoms with Crippen molar-refractivity contribution in [3.63, 3.8) is 0 Å². The number of amides is 1. The molecule has 0 bridgehead atoms. The van der Waals surface area contributed by atoms with Crippen molar-refractivity contribution >= 4 is 23.6 Å². The first-order valence-electron chi connectivity index (χ1n) is 3.93. The van der Waals surface area contributed by atoms with Crippen molar-refractivity contribution in [2.75, 3.05) is 12.4 Å². The Hall–Kier alpha value is -1.48. The van der Waals surface area contributed by atoms with Crippen molar-refractivity contribution < 1.29 is 14.3 Å². The second-order valence-electron chi connectivity index (χ2n) is 2.37. The quantitative estimate of drug-likeness (QED) is 0.400. The van der Waals surface area contributed by atoms with Gasteiger partial charge in [-0.15, -0.1) is 0 Å². The van der Waals surface area contributed by atoms with Gasteiger partial charge in [0.15, 0.2) is 5.57 Å². The Morgan fingerprint density at radius 1 is 1.79 bits per heavy atom. The monoisotopic (exact) mass is 212 g/mol. The number of nitriles is 1. The second-order valence-corrected chi connectivity index (χ2v) is 3.36. The molecule has 1 amide bonds. The maximum atomic E-state index is 11.2. The third-order valence-electron chi connectivity index (χ3n) is 1.42. The van der Waals surface area contributed by atoms with Crippen LogP contribution in [0.1, 0.15) is 6.92 Å². The minimum atomic E-state index is -0.695. The van der Waals surface area contributed by atoms with Crippen LogP contribution in [-0.4, -0.2) is 24.2 Å². The van der Waals surface area contributed by atoms with E-state index in [1.807, 2.05) is 0 Å².